The van der Waals surface area contributed by atoms with Crippen LogP contribution >= 0.6 is 11.3 Å². The number of aliphatic hydroxyl groups is 1. The van der Waals surface area contributed by atoms with Crippen molar-refractivity contribution < 1.29 is 21.7 Å². The van der Waals surface area contributed by atoms with E-state index in [-0.39, 0.29) is 12.3 Å². The highest BCUT2D eigenvalue weighted by atomic mass is 32.1. The third-order valence-corrected chi connectivity index (χ3v) is 4.83. The number of carbonyl (C=O) groups is 1. The van der Waals surface area contributed by atoms with Gasteiger partial charge in [0.25, 0.3) is 5.91 Å². The quantitative estimate of drug-likeness (QED) is 0.483. The van der Waals surface area contributed by atoms with Gasteiger partial charge in [-0.2, -0.15) is 0 Å². The first-order valence-corrected chi connectivity index (χ1v) is 8.98. The molecule has 1 fully saturated rings. The summed E-state index contributed by atoms with van der Waals surface area (Å²) >= 11 is 1.17. The molecule has 0 aliphatic heterocycles. The van der Waals surface area contributed by atoms with Crippen molar-refractivity contribution in [3.63, 3.8) is 0 Å². The molecule has 1 amide bonds. The van der Waals surface area contributed by atoms with Crippen LogP contribution in [0.15, 0.2) is 29.8 Å². The second-order valence-electron chi connectivity index (χ2n) is 5.67. The van der Waals surface area contributed by atoms with Gasteiger partial charge in [-0.25, -0.2) is 4.98 Å². The summed E-state index contributed by atoms with van der Waals surface area (Å²) in [7, 11) is 0. The number of hydrogen-bond acceptors (Lipinski definition) is 7. The molecule has 3 rings (SSSR count). The maximum absolute atomic E-state index is 11.0. The molecule has 4 N–H and O–H groups in total. The van der Waals surface area contributed by atoms with Crippen molar-refractivity contribution in [3.8, 4) is 0 Å². The standard InChI is InChI=1S/C9H9N3O4S.C8H14.H2/c13-4-8(14)11-9-10-6-2-1-5(12(15)16)3-7(6)17-9;1-2-8-6-4-3-5-7-8;/h1-3,13,15-16H,4H2,(H,10,11,14);2H,3-7H2,1H3;1H. The van der Waals surface area contributed by atoms with Crippen LogP contribution < -0.4 is 10.5 Å². The summed E-state index contributed by atoms with van der Waals surface area (Å²) in [6, 6.07) is 4.58. The van der Waals surface area contributed by atoms with Crippen LogP contribution in [0.5, 0.6) is 0 Å². The number of nitrogens with zero attached hydrogens (tertiary/aromatic N) is 2. The van der Waals surface area contributed by atoms with E-state index in [1.165, 1.54) is 55.6 Å². The zero-order chi connectivity index (χ0) is 18.2. The summed E-state index contributed by atoms with van der Waals surface area (Å²) in [5.74, 6) is -0.546. The molecular weight excluding hydrogens is 342 g/mol. The highest BCUT2D eigenvalue weighted by molar-refractivity contribution is 7.22. The van der Waals surface area contributed by atoms with Gasteiger partial charge in [-0.3, -0.25) is 20.5 Å². The number of anilines is 2. The Hall–Kier alpha value is -2.00. The van der Waals surface area contributed by atoms with E-state index in [2.05, 4.69) is 23.3 Å². The Morgan fingerprint density at radius 1 is 1.36 bits per heavy atom. The lowest BCUT2D eigenvalue weighted by molar-refractivity contribution is -0.118. The largest absolute Gasteiger partial charge is 0.387 e. The van der Waals surface area contributed by atoms with Crippen molar-refractivity contribution in [2.75, 3.05) is 17.2 Å². The Balaban J connectivity index is 0.000000318. The van der Waals surface area contributed by atoms with Crippen LogP contribution in [0.2, 0.25) is 0 Å². The van der Waals surface area contributed by atoms with Gasteiger partial charge in [0, 0.05) is 1.43 Å². The number of nitrogens with one attached hydrogen (secondary N) is 1. The normalized spacial score (nSPS) is 13.8. The molecule has 25 heavy (non-hydrogen) atoms. The fourth-order valence-electron chi connectivity index (χ4n) is 2.54. The van der Waals surface area contributed by atoms with E-state index in [4.69, 9.17) is 15.5 Å². The maximum atomic E-state index is 11.0. The zero-order valence-corrected chi connectivity index (χ0v) is 14.9. The molecule has 1 aliphatic carbocycles. The van der Waals surface area contributed by atoms with E-state index in [1.807, 2.05) is 0 Å². The van der Waals surface area contributed by atoms with Crippen LogP contribution in [0.1, 0.15) is 40.5 Å². The number of fused-ring (bicyclic) bond motifs is 1. The first-order valence-electron chi connectivity index (χ1n) is 8.16. The molecule has 1 saturated carbocycles. The number of allylic oxidation sites excluding steroid dienone is 2. The molecule has 1 aromatic carbocycles. The van der Waals surface area contributed by atoms with Crippen LogP contribution in [0.4, 0.5) is 10.8 Å². The molecule has 7 nitrogen and oxygen atoms in total. The van der Waals surface area contributed by atoms with Gasteiger partial charge in [0.1, 0.15) is 6.61 Å². The lowest BCUT2D eigenvalue weighted by Gasteiger charge is -2.11. The number of benzene rings is 1. The molecule has 8 heteroatoms. The predicted octanol–water partition coefficient (Wildman–Crippen LogP) is 3.95. The average molecular weight is 367 g/mol. The van der Waals surface area contributed by atoms with E-state index < -0.39 is 12.5 Å². The fourth-order valence-corrected chi connectivity index (χ4v) is 3.46. The Bertz CT molecular complexity index is 741. The summed E-state index contributed by atoms with van der Waals surface area (Å²) in [5.41, 5.74) is 2.49. The second kappa shape index (κ2) is 9.47. The minimum absolute atomic E-state index is 0. The van der Waals surface area contributed by atoms with Gasteiger partial charge < -0.3 is 5.11 Å². The van der Waals surface area contributed by atoms with Crippen LogP contribution in [0.3, 0.4) is 0 Å². The first kappa shape index (κ1) is 19.3. The summed E-state index contributed by atoms with van der Waals surface area (Å²) in [6.07, 6.45) is 9.34. The van der Waals surface area contributed by atoms with Crippen molar-refractivity contribution in [2.24, 2.45) is 0 Å². The third kappa shape index (κ3) is 5.79. The lowest BCUT2D eigenvalue weighted by Crippen LogP contribution is -2.14. The van der Waals surface area contributed by atoms with Gasteiger partial charge in [-0.15, -0.1) is 5.23 Å². The van der Waals surface area contributed by atoms with Gasteiger partial charge in [0.2, 0.25) is 0 Å². The average Bonchev–Trinajstić information content (AvgIpc) is 3.04. The summed E-state index contributed by atoms with van der Waals surface area (Å²) in [6.45, 7) is 1.54. The molecule has 2 aromatic rings. The monoisotopic (exact) mass is 367 g/mol. The molecule has 0 spiro atoms. The molecule has 0 unspecified atom stereocenters. The molecule has 0 radical (unpaired) electrons. The maximum Gasteiger partial charge on any atom is 0.251 e. The van der Waals surface area contributed by atoms with Gasteiger partial charge >= 0.3 is 0 Å². The minimum atomic E-state index is -0.609. The number of hydrogen-bond donors (Lipinski definition) is 4. The Morgan fingerprint density at radius 2 is 2.08 bits per heavy atom. The van der Waals surface area contributed by atoms with Gasteiger partial charge in [-0.05, 0) is 50.8 Å². The van der Waals surface area contributed by atoms with Crippen LogP contribution in [-0.4, -0.2) is 33.0 Å². The van der Waals surface area contributed by atoms with Gasteiger partial charge in [-0.1, -0.05) is 29.4 Å². The summed E-state index contributed by atoms with van der Waals surface area (Å²) < 4.78 is 0.684. The number of aliphatic hydroxyl groups excluding tert-OH is 1. The molecule has 0 atom stereocenters. The van der Waals surface area contributed by atoms with Crippen molar-refractivity contribution in [2.45, 2.75) is 39.0 Å². The minimum Gasteiger partial charge on any atom is -0.387 e. The predicted molar refractivity (Wildman–Crippen MR) is 100 cm³/mol. The van der Waals surface area contributed by atoms with Crippen molar-refractivity contribution in [1.82, 2.24) is 4.98 Å². The Labute approximate surface area is 151 Å². The van der Waals surface area contributed by atoms with E-state index in [1.54, 1.807) is 11.6 Å². The highest BCUT2D eigenvalue weighted by Crippen LogP contribution is 2.29. The van der Waals surface area contributed by atoms with E-state index >= 15 is 0 Å². The van der Waals surface area contributed by atoms with E-state index in [9.17, 15) is 4.79 Å². The molecule has 1 aliphatic rings. The summed E-state index contributed by atoms with van der Waals surface area (Å²) in [5, 5.41) is 29.0. The third-order valence-electron chi connectivity index (χ3n) is 3.90. The molecule has 1 aromatic heterocycles. The van der Waals surface area contributed by atoms with Crippen molar-refractivity contribution in [1.29, 1.82) is 0 Å². The van der Waals surface area contributed by atoms with Gasteiger partial charge in [0.15, 0.2) is 5.13 Å². The molecular formula is C17H25N3O4S. The molecule has 138 valence electrons. The van der Waals surface area contributed by atoms with Crippen molar-refractivity contribution in [3.05, 3.63) is 29.8 Å². The molecule has 0 saturated heterocycles. The molecule has 1 heterocycles. The zero-order valence-electron chi connectivity index (χ0n) is 14.1. The summed E-state index contributed by atoms with van der Waals surface area (Å²) in [4.78, 5) is 15.0. The Kier molecular flexibility index (Phi) is 7.32. The second-order valence-corrected chi connectivity index (χ2v) is 6.71. The number of aromatic nitrogens is 1. The lowest BCUT2D eigenvalue weighted by atomic mass is 9.95. The SMILES string of the molecule is CC=C1CCCCC1.O=C(CO)Nc1nc2ccc(N(O)O)cc2s1.[HH]. The smallest absolute Gasteiger partial charge is 0.251 e. The van der Waals surface area contributed by atoms with Crippen LogP contribution in [0, 0.1) is 0 Å². The first-order chi connectivity index (χ1) is 12.0. The Morgan fingerprint density at radius 3 is 2.64 bits per heavy atom. The highest BCUT2D eigenvalue weighted by Gasteiger charge is 2.08. The van der Waals surface area contributed by atoms with Gasteiger partial charge in [0.05, 0.1) is 15.9 Å². The van der Waals surface area contributed by atoms with Crippen molar-refractivity contribution >= 4 is 38.3 Å². The molecule has 0 bridgehead atoms. The number of rotatable bonds is 3. The number of amides is 1. The van der Waals surface area contributed by atoms with Crippen LogP contribution in [-0.2, 0) is 4.79 Å². The topological polar surface area (TPSA) is 106 Å². The fraction of sp³-hybridized carbons (Fsp3) is 0.412. The van der Waals surface area contributed by atoms with E-state index in [0.29, 0.717) is 15.3 Å². The number of carbonyl (C=O) groups excluding carboxylic acids is 1. The number of thiazole rings is 1. The van der Waals surface area contributed by atoms with E-state index in [0.717, 1.165) is 0 Å². The van der Waals surface area contributed by atoms with Crippen LogP contribution in [0.25, 0.3) is 10.2 Å².